The smallest absolute Gasteiger partial charge is 0.332 e. The monoisotopic (exact) mass is 444 g/mol. The molecule has 0 saturated carbocycles. The van der Waals surface area contributed by atoms with Crippen LogP contribution in [0.2, 0.25) is 0 Å². The molecule has 3 heterocycles. The molecule has 11 heteroatoms. The summed E-state index contributed by atoms with van der Waals surface area (Å²) >= 11 is 0. The first-order valence-electron chi connectivity index (χ1n) is 10.3. The zero-order valence-corrected chi connectivity index (χ0v) is 18.0. The van der Waals surface area contributed by atoms with E-state index >= 15 is 0 Å². The molecular weight excluding hydrogens is 419 g/mol. The van der Waals surface area contributed by atoms with E-state index in [9.17, 15) is 18.8 Å². The van der Waals surface area contributed by atoms with Crippen molar-refractivity contribution in [2.24, 2.45) is 14.1 Å². The average Bonchev–Trinajstić information content (AvgIpc) is 3.22. The Balaban J connectivity index is 1.52. The van der Waals surface area contributed by atoms with Crippen molar-refractivity contribution in [3.05, 3.63) is 62.8 Å². The van der Waals surface area contributed by atoms with Gasteiger partial charge < -0.3 is 14.6 Å². The fourth-order valence-corrected chi connectivity index (χ4v) is 3.97. The molecular formula is C21H25FN6O4. The molecule has 0 spiro atoms. The van der Waals surface area contributed by atoms with Crippen molar-refractivity contribution in [2.45, 2.75) is 12.6 Å². The van der Waals surface area contributed by atoms with Crippen LogP contribution in [-0.4, -0.2) is 62.3 Å². The van der Waals surface area contributed by atoms with Gasteiger partial charge in [0.1, 0.15) is 12.4 Å². The quantitative estimate of drug-likeness (QED) is 0.563. The number of aromatic nitrogens is 4. The third-order valence-corrected chi connectivity index (χ3v) is 5.76. The zero-order chi connectivity index (χ0) is 22.8. The molecule has 2 aromatic heterocycles. The highest BCUT2D eigenvalue weighted by atomic mass is 19.1. The summed E-state index contributed by atoms with van der Waals surface area (Å²) in [4.78, 5) is 43.7. The molecule has 1 unspecified atom stereocenters. The lowest BCUT2D eigenvalue weighted by atomic mass is 10.0. The summed E-state index contributed by atoms with van der Waals surface area (Å²) in [5.74, 6) is -0.623. The first-order chi connectivity index (χ1) is 15.4. The van der Waals surface area contributed by atoms with E-state index in [0.29, 0.717) is 32.8 Å². The van der Waals surface area contributed by atoms with Gasteiger partial charge in [0.05, 0.1) is 25.6 Å². The van der Waals surface area contributed by atoms with Crippen LogP contribution in [0.25, 0.3) is 11.2 Å². The van der Waals surface area contributed by atoms with Crippen molar-refractivity contribution in [1.29, 1.82) is 0 Å². The van der Waals surface area contributed by atoms with E-state index in [2.05, 4.69) is 15.2 Å². The van der Waals surface area contributed by atoms with Gasteiger partial charge in [0, 0.05) is 33.7 Å². The van der Waals surface area contributed by atoms with Gasteiger partial charge >= 0.3 is 5.69 Å². The summed E-state index contributed by atoms with van der Waals surface area (Å²) < 4.78 is 22.5. The van der Waals surface area contributed by atoms with Crippen LogP contribution in [-0.2, 0) is 30.2 Å². The van der Waals surface area contributed by atoms with Gasteiger partial charge in [0.15, 0.2) is 11.2 Å². The highest BCUT2D eigenvalue weighted by molar-refractivity contribution is 5.78. The lowest BCUT2D eigenvalue weighted by molar-refractivity contribution is -0.122. The summed E-state index contributed by atoms with van der Waals surface area (Å²) in [5.41, 5.74) is 0.317. The number of benzene rings is 1. The molecule has 0 aliphatic carbocycles. The summed E-state index contributed by atoms with van der Waals surface area (Å²) in [7, 11) is 2.91. The van der Waals surface area contributed by atoms with Crippen molar-refractivity contribution >= 4 is 17.1 Å². The van der Waals surface area contributed by atoms with E-state index in [-0.39, 0.29) is 35.5 Å². The molecule has 4 rings (SSSR count). The fourth-order valence-electron chi connectivity index (χ4n) is 3.97. The maximum Gasteiger partial charge on any atom is 0.332 e. The van der Waals surface area contributed by atoms with Crippen LogP contribution < -0.4 is 16.6 Å². The molecule has 1 fully saturated rings. The molecule has 1 saturated heterocycles. The van der Waals surface area contributed by atoms with Crippen LogP contribution in [0.15, 0.2) is 40.2 Å². The molecule has 170 valence electrons. The van der Waals surface area contributed by atoms with E-state index in [4.69, 9.17) is 4.74 Å². The first-order valence-corrected chi connectivity index (χ1v) is 10.3. The van der Waals surface area contributed by atoms with Crippen molar-refractivity contribution in [3.63, 3.8) is 0 Å². The topological polar surface area (TPSA) is 103 Å². The van der Waals surface area contributed by atoms with Gasteiger partial charge in [0.2, 0.25) is 5.91 Å². The number of halogens is 1. The number of carbonyl (C=O) groups is 1. The third-order valence-electron chi connectivity index (χ3n) is 5.76. The minimum absolute atomic E-state index is 0.122. The Hall–Kier alpha value is -3.31. The molecule has 1 aliphatic heterocycles. The van der Waals surface area contributed by atoms with Crippen molar-refractivity contribution in [1.82, 2.24) is 28.9 Å². The largest absolute Gasteiger partial charge is 0.379 e. The number of ether oxygens (including phenoxy) is 1. The molecule has 1 aromatic carbocycles. The predicted octanol–water partition coefficient (Wildman–Crippen LogP) is -0.237. The molecule has 1 aliphatic rings. The van der Waals surface area contributed by atoms with Gasteiger partial charge in [-0.15, -0.1) is 0 Å². The Morgan fingerprint density at radius 2 is 1.84 bits per heavy atom. The fraction of sp³-hybridized carbons (Fsp3) is 0.429. The second-order valence-electron chi connectivity index (χ2n) is 7.77. The van der Waals surface area contributed by atoms with Gasteiger partial charge in [-0.25, -0.2) is 14.2 Å². The molecule has 1 atom stereocenters. The summed E-state index contributed by atoms with van der Waals surface area (Å²) in [6.07, 6.45) is 1.38. The van der Waals surface area contributed by atoms with E-state index in [1.54, 1.807) is 12.1 Å². The third kappa shape index (κ3) is 4.21. The molecule has 1 N–H and O–H groups in total. The predicted molar refractivity (Wildman–Crippen MR) is 115 cm³/mol. The second kappa shape index (κ2) is 9.05. The number of aryl methyl sites for hydroxylation is 1. The van der Waals surface area contributed by atoms with Crippen molar-refractivity contribution in [3.8, 4) is 0 Å². The van der Waals surface area contributed by atoms with Gasteiger partial charge in [-0.05, 0) is 17.7 Å². The normalized spacial score (nSPS) is 15.7. The number of fused-ring (bicyclic) bond motifs is 1. The molecule has 32 heavy (non-hydrogen) atoms. The lowest BCUT2D eigenvalue weighted by Crippen LogP contribution is -2.44. The van der Waals surface area contributed by atoms with Gasteiger partial charge in [0.25, 0.3) is 5.56 Å². The number of nitrogens with zero attached hydrogens (tertiary/aromatic N) is 5. The molecule has 0 radical (unpaired) electrons. The standard InChI is InChI=1S/C21H25FN6O4/c1-25-19-18(20(30)26(2)21(25)31)28(13-24-19)12-17(29)23-11-16(27-7-9-32-10-8-27)14-3-5-15(22)6-4-14/h3-6,13,16H,7-12H2,1-2H3,(H,23,29). The van der Waals surface area contributed by atoms with E-state index in [1.165, 1.54) is 41.7 Å². The number of imidazole rings is 1. The number of carbonyl (C=O) groups excluding carboxylic acids is 1. The van der Waals surface area contributed by atoms with E-state index in [0.717, 1.165) is 10.1 Å². The highest BCUT2D eigenvalue weighted by Gasteiger charge is 2.24. The Labute approximate surface area is 182 Å². The van der Waals surface area contributed by atoms with Crippen molar-refractivity contribution < 1.29 is 13.9 Å². The Bertz CT molecular complexity index is 1240. The van der Waals surface area contributed by atoms with Crippen LogP contribution in [0.4, 0.5) is 4.39 Å². The number of hydrogen-bond acceptors (Lipinski definition) is 6. The highest BCUT2D eigenvalue weighted by Crippen LogP contribution is 2.21. The van der Waals surface area contributed by atoms with Gasteiger partial charge in [-0.1, -0.05) is 12.1 Å². The van der Waals surface area contributed by atoms with Crippen LogP contribution >= 0.6 is 0 Å². The molecule has 1 amide bonds. The Morgan fingerprint density at radius 1 is 1.16 bits per heavy atom. The number of morpholine rings is 1. The average molecular weight is 444 g/mol. The maximum absolute atomic E-state index is 13.4. The number of nitrogens with one attached hydrogen (secondary N) is 1. The number of rotatable bonds is 6. The summed E-state index contributed by atoms with van der Waals surface area (Å²) in [6, 6.07) is 6.10. The first kappa shape index (κ1) is 21.9. The SMILES string of the molecule is Cn1c(=O)c2c(ncn2CC(=O)NCC(c2ccc(F)cc2)N2CCOCC2)n(C)c1=O. The Kier molecular flexibility index (Phi) is 6.19. The van der Waals surface area contributed by atoms with Gasteiger partial charge in [-0.2, -0.15) is 0 Å². The van der Waals surface area contributed by atoms with E-state index in [1.807, 2.05) is 0 Å². The van der Waals surface area contributed by atoms with Crippen LogP contribution in [0, 0.1) is 5.82 Å². The minimum atomic E-state index is -0.508. The van der Waals surface area contributed by atoms with Crippen LogP contribution in [0.3, 0.4) is 0 Å². The summed E-state index contributed by atoms with van der Waals surface area (Å²) in [5, 5.41) is 2.92. The van der Waals surface area contributed by atoms with Gasteiger partial charge in [-0.3, -0.25) is 23.6 Å². The molecule has 10 nitrogen and oxygen atoms in total. The van der Waals surface area contributed by atoms with Crippen LogP contribution in [0.5, 0.6) is 0 Å². The summed E-state index contributed by atoms with van der Waals surface area (Å²) in [6.45, 7) is 2.78. The number of hydrogen-bond donors (Lipinski definition) is 1. The second-order valence-corrected chi connectivity index (χ2v) is 7.77. The molecule has 0 bridgehead atoms. The Morgan fingerprint density at radius 3 is 2.53 bits per heavy atom. The van der Waals surface area contributed by atoms with E-state index < -0.39 is 11.2 Å². The molecule has 3 aromatic rings. The maximum atomic E-state index is 13.4. The van der Waals surface area contributed by atoms with Crippen molar-refractivity contribution in [2.75, 3.05) is 32.8 Å². The zero-order valence-electron chi connectivity index (χ0n) is 18.0. The number of amides is 1. The minimum Gasteiger partial charge on any atom is -0.379 e. The lowest BCUT2D eigenvalue weighted by Gasteiger charge is -2.35. The van der Waals surface area contributed by atoms with Crippen LogP contribution in [0.1, 0.15) is 11.6 Å².